The lowest BCUT2D eigenvalue weighted by atomic mass is 10.1. The number of carbonyl (C=O) groups is 1. The Hall–Kier alpha value is -3.06. The molecule has 7 heteroatoms. The molecule has 2 rings (SSSR count). The molecule has 2 aromatic carbocycles. The van der Waals surface area contributed by atoms with Crippen molar-refractivity contribution in [2.24, 2.45) is 10.7 Å². The van der Waals surface area contributed by atoms with E-state index in [9.17, 15) is 4.79 Å². The molecule has 0 spiro atoms. The molecule has 0 aliphatic carbocycles. The molecule has 2 aromatic rings. The number of nitrogens with zero attached hydrogens (tertiary/aromatic N) is 2. The second-order valence-corrected chi connectivity index (χ2v) is 6.31. The second kappa shape index (κ2) is 10.2. The van der Waals surface area contributed by atoms with Crippen molar-refractivity contribution in [2.45, 2.75) is 6.54 Å². The maximum Gasteiger partial charge on any atom is 0.251 e. The average molecular weight is 369 g/mol. The fourth-order valence-electron chi connectivity index (χ4n) is 2.34. The van der Waals surface area contributed by atoms with Crippen molar-refractivity contribution in [2.75, 3.05) is 39.6 Å². The van der Waals surface area contributed by atoms with E-state index < -0.39 is 0 Å². The summed E-state index contributed by atoms with van der Waals surface area (Å²) in [5.74, 6) is 0.991. The molecule has 0 saturated carbocycles. The molecule has 7 nitrogen and oxygen atoms in total. The summed E-state index contributed by atoms with van der Waals surface area (Å²) in [6.45, 7) is 1.78. The van der Waals surface area contributed by atoms with E-state index in [0.29, 0.717) is 24.6 Å². The minimum Gasteiger partial charge on any atom is -0.497 e. The van der Waals surface area contributed by atoms with E-state index in [0.717, 1.165) is 23.5 Å². The van der Waals surface area contributed by atoms with E-state index in [4.69, 9.17) is 10.5 Å². The number of methoxy groups -OCH3 is 1. The van der Waals surface area contributed by atoms with Crippen LogP contribution in [-0.4, -0.2) is 51.1 Å². The first-order valence-electron chi connectivity index (χ1n) is 8.71. The number of hydrogen-bond donors (Lipinski definition) is 3. The number of carbonyl (C=O) groups excluding carboxylic acids is 1. The van der Waals surface area contributed by atoms with Gasteiger partial charge in [0, 0.05) is 24.3 Å². The van der Waals surface area contributed by atoms with Gasteiger partial charge in [-0.1, -0.05) is 12.1 Å². The van der Waals surface area contributed by atoms with Crippen molar-refractivity contribution in [3.05, 3.63) is 59.7 Å². The van der Waals surface area contributed by atoms with E-state index in [1.54, 1.807) is 13.2 Å². The van der Waals surface area contributed by atoms with Crippen LogP contribution in [0, 0.1) is 0 Å². The Labute approximate surface area is 160 Å². The number of nitrogens with two attached hydrogens (primary N) is 1. The molecule has 0 heterocycles. The van der Waals surface area contributed by atoms with Crippen LogP contribution < -0.4 is 21.1 Å². The smallest absolute Gasteiger partial charge is 0.251 e. The predicted octanol–water partition coefficient (Wildman–Crippen LogP) is 1.91. The highest BCUT2D eigenvalue weighted by molar-refractivity contribution is 5.94. The summed E-state index contributed by atoms with van der Waals surface area (Å²) >= 11 is 0. The summed E-state index contributed by atoms with van der Waals surface area (Å²) in [7, 11) is 5.55. The Morgan fingerprint density at radius 1 is 1.19 bits per heavy atom. The van der Waals surface area contributed by atoms with Gasteiger partial charge in [0.1, 0.15) is 5.75 Å². The van der Waals surface area contributed by atoms with Gasteiger partial charge in [-0.2, -0.15) is 0 Å². The lowest BCUT2D eigenvalue weighted by molar-refractivity contribution is 0.0951. The third-order valence-corrected chi connectivity index (χ3v) is 3.83. The van der Waals surface area contributed by atoms with Crippen LogP contribution in [0.4, 0.5) is 5.69 Å². The number of hydrogen-bond acceptors (Lipinski definition) is 4. The maximum absolute atomic E-state index is 12.2. The fraction of sp³-hybridized carbons (Fsp3) is 0.300. The third-order valence-electron chi connectivity index (χ3n) is 3.83. The molecule has 144 valence electrons. The van der Waals surface area contributed by atoms with Crippen LogP contribution in [0.5, 0.6) is 5.75 Å². The lowest BCUT2D eigenvalue weighted by Crippen LogP contribution is -2.31. The molecule has 0 aliphatic heterocycles. The molecule has 4 N–H and O–H groups in total. The minimum atomic E-state index is -0.0907. The first kappa shape index (κ1) is 20.3. The van der Waals surface area contributed by atoms with Crippen LogP contribution in [0.3, 0.4) is 0 Å². The van der Waals surface area contributed by atoms with Gasteiger partial charge in [0.05, 0.1) is 13.7 Å². The normalized spacial score (nSPS) is 11.3. The van der Waals surface area contributed by atoms with Gasteiger partial charge in [-0.15, -0.1) is 0 Å². The summed E-state index contributed by atoms with van der Waals surface area (Å²) in [5, 5.41) is 5.93. The molecule has 0 atom stereocenters. The van der Waals surface area contributed by atoms with Crippen molar-refractivity contribution < 1.29 is 9.53 Å². The van der Waals surface area contributed by atoms with Gasteiger partial charge in [-0.05, 0) is 56.1 Å². The predicted molar refractivity (Wildman–Crippen MR) is 109 cm³/mol. The molecule has 0 fully saturated rings. The Bertz CT molecular complexity index is 772. The minimum absolute atomic E-state index is 0.0907. The van der Waals surface area contributed by atoms with Crippen LogP contribution in [-0.2, 0) is 6.54 Å². The Morgan fingerprint density at radius 2 is 1.93 bits per heavy atom. The first-order valence-corrected chi connectivity index (χ1v) is 8.71. The molecule has 0 radical (unpaired) electrons. The van der Waals surface area contributed by atoms with E-state index in [1.165, 1.54) is 0 Å². The number of nitrogens with one attached hydrogen (secondary N) is 2. The Balaban J connectivity index is 1.92. The van der Waals surface area contributed by atoms with E-state index >= 15 is 0 Å². The van der Waals surface area contributed by atoms with Crippen molar-refractivity contribution in [3.63, 3.8) is 0 Å². The highest BCUT2D eigenvalue weighted by atomic mass is 16.5. The zero-order valence-corrected chi connectivity index (χ0v) is 16.0. The lowest BCUT2D eigenvalue weighted by Gasteiger charge is -2.11. The number of benzene rings is 2. The molecule has 0 aliphatic rings. The van der Waals surface area contributed by atoms with Crippen LogP contribution in [0.2, 0.25) is 0 Å². The molecule has 0 aromatic heterocycles. The summed E-state index contributed by atoms with van der Waals surface area (Å²) in [5.41, 5.74) is 8.29. The number of anilines is 1. The summed E-state index contributed by atoms with van der Waals surface area (Å²) in [6, 6.07) is 14.8. The van der Waals surface area contributed by atoms with Gasteiger partial charge < -0.3 is 26.0 Å². The number of aliphatic imine (C=N–C) groups is 1. The quantitative estimate of drug-likeness (QED) is 0.488. The largest absolute Gasteiger partial charge is 0.497 e. The Kier molecular flexibility index (Phi) is 7.63. The molecule has 0 unspecified atom stereocenters. The molecule has 0 bridgehead atoms. The van der Waals surface area contributed by atoms with E-state index in [2.05, 4.69) is 15.6 Å². The summed E-state index contributed by atoms with van der Waals surface area (Å²) in [6.07, 6.45) is 0. The highest BCUT2D eigenvalue weighted by Gasteiger charge is 2.06. The van der Waals surface area contributed by atoms with E-state index in [1.807, 2.05) is 61.5 Å². The van der Waals surface area contributed by atoms with Gasteiger partial charge in [-0.25, -0.2) is 4.99 Å². The van der Waals surface area contributed by atoms with Crippen molar-refractivity contribution in [3.8, 4) is 5.75 Å². The van der Waals surface area contributed by atoms with Crippen LogP contribution in [0.15, 0.2) is 53.5 Å². The van der Waals surface area contributed by atoms with Gasteiger partial charge in [-0.3, -0.25) is 4.79 Å². The van der Waals surface area contributed by atoms with Crippen molar-refractivity contribution in [1.29, 1.82) is 0 Å². The monoisotopic (exact) mass is 369 g/mol. The zero-order chi connectivity index (χ0) is 19.6. The third kappa shape index (κ3) is 6.99. The Morgan fingerprint density at radius 3 is 2.59 bits per heavy atom. The van der Waals surface area contributed by atoms with Crippen LogP contribution in [0.1, 0.15) is 15.9 Å². The number of ether oxygens (including phenoxy) is 1. The molecule has 0 saturated heterocycles. The number of likely N-dealkylation sites (N-methyl/N-ethyl adjacent to an activating group) is 1. The fourth-order valence-corrected chi connectivity index (χ4v) is 2.34. The topological polar surface area (TPSA) is 92.0 Å². The van der Waals surface area contributed by atoms with Gasteiger partial charge in [0.25, 0.3) is 5.91 Å². The van der Waals surface area contributed by atoms with Crippen LogP contribution in [0.25, 0.3) is 0 Å². The van der Waals surface area contributed by atoms with Crippen molar-refractivity contribution in [1.82, 2.24) is 10.2 Å². The number of rotatable bonds is 8. The second-order valence-electron chi connectivity index (χ2n) is 6.31. The first-order chi connectivity index (χ1) is 13.0. The molecule has 27 heavy (non-hydrogen) atoms. The maximum atomic E-state index is 12.2. The standard InChI is InChI=1S/C20H27N5O2/c1-25(2)12-11-22-19(26)16-6-4-5-15(13-16)14-23-20(21)24-17-7-9-18(27-3)10-8-17/h4-10,13H,11-12,14H2,1-3H3,(H,22,26)(H3,21,23,24). The highest BCUT2D eigenvalue weighted by Crippen LogP contribution is 2.14. The molecule has 1 amide bonds. The molecular formula is C20H27N5O2. The van der Waals surface area contributed by atoms with E-state index in [-0.39, 0.29) is 5.91 Å². The molecular weight excluding hydrogens is 342 g/mol. The van der Waals surface area contributed by atoms with Gasteiger partial charge >= 0.3 is 0 Å². The number of guanidine groups is 1. The average Bonchev–Trinajstić information content (AvgIpc) is 2.67. The van der Waals surface area contributed by atoms with Crippen LogP contribution >= 0.6 is 0 Å². The van der Waals surface area contributed by atoms with Gasteiger partial charge in [0.15, 0.2) is 5.96 Å². The summed E-state index contributed by atoms with van der Waals surface area (Å²) < 4.78 is 5.12. The van der Waals surface area contributed by atoms with Crippen molar-refractivity contribution >= 4 is 17.6 Å². The zero-order valence-electron chi connectivity index (χ0n) is 16.0. The number of amides is 1. The summed E-state index contributed by atoms with van der Waals surface area (Å²) in [4.78, 5) is 18.5. The SMILES string of the molecule is COc1ccc(NC(N)=NCc2cccc(C(=O)NCCN(C)C)c2)cc1. The van der Waals surface area contributed by atoms with Gasteiger partial charge in [0.2, 0.25) is 0 Å².